The van der Waals surface area contributed by atoms with E-state index in [1.54, 1.807) is 36.4 Å². The Morgan fingerprint density at radius 2 is 1.96 bits per heavy atom. The van der Waals surface area contributed by atoms with E-state index in [9.17, 15) is 14.9 Å². The van der Waals surface area contributed by atoms with E-state index in [4.69, 9.17) is 20.5 Å². The van der Waals surface area contributed by atoms with Gasteiger partial charge in [-0.1, -0.05) is 6.07 Å². The molecule has 0 spiro atoms. The van der Waals surface area contributed by atoms with E-state index >= 15 is 0 Å². The normalized spacial score (nSPS) is 10.7. The van der Waals surface area contributed by atoms with E-state index in [0.29, 0.717) is 17.1 Å². The minimum atomic E-state index is -0.815. The molecular formula is C18H15N3O5. The van der Waals surface area contributed by atoms with Crippen LogP contribution in [0.1, 0.15) is 11.1 Å². The van der Waals surface area contributed by atoms with Crippen LogP contribution >= 0.6 is 0 Å². The molecule has 8 nitrogen and oxygen atoms in total. The van der Waals surface area contributed by atoms with Gasteiger partial charge in [0, 0.05) is 12.1 Å². The Hall–Kier alpha value is -3.86. The summed E-state index contributed by atoms with van der Waals surface area (Å²) in [6, 6.07) is 12.6. The van der Waals surface area contributed by atoms with Crippen LogP contribution in [0.15, 0.2) is 48.0 Å². The van der Waals surface area contributed by atoms with Crippen LogP contribution in [0.3, 0.4) is 0 Å². The summed E-state index contributed by atoms with van der Waals surface area (Å²) < 4.78 is 10.9. The van der Waals surface area contributed by atoms with Crippen LogP contribution in [0, 0.1) is 21.4 Å². The summed E-state index contributed by atoms with van der Waals surface area (Å²) >= 11 is 0. The molecule has 8 heteroatoms. The molecule has 0 aromatic heterocycles. The number of nitrogens with zero attached hydrogens (tertiary/aromatic N) is 2. The lowest BCUT2D eigenvalue weighted by atomic mass is 10.1. The van der Waals surface area contributed by atoms with Crippen molar-refractivity contribution in [2.24, 2.45) is 5.73 Å². The third kappa shape index (κ3) is 4.58. The van der Waals surface area contributed by atoms with Gasteiger partial charge in [-0.3, -0.25) is 14.9 Å². The van der Waals surface area contributed by atoms with E-state index in [2.05, 4.69) is 0 Å². The molecule has 0 saturated heterocycles. The number of methoxy groups -OCH3 is 1. The predicted molar refractivity (Wildman–Crippen MR) is 93.2 cm³/mol. The molecule has 0 aliphatic rings. The molecule has 0 saturated carbocycles. The predicted octanol–water partition coefficient (Wildman–Crippen LogP) is 2.57. The van der Waals surface area contributed by atoms with Crippen LogP contribution in [0.5, 0.6) is 11.5 Å². The number of hydrogen-bond acceptors (Lipinski definition) is 6. The highest BCUT2D eigenvalue weighted by Crippen LogP contribution is 2.29. The second-order valence-electron chi connectivity index (χ2n) is 5.16. The molecule has 2 aromatic rings. The molecule has 0 aliphatic carbocycles. The number of nitrogens with two attached hydrogens (primary N) is 1. The molecule has 0 fully saturated rings. The summed E-state index contributed by atoms with van der Waals surface area (Å²) in [5, 5.41) is 19.5. The van der Waals surface area contributed by atoms with Gasteiger partial charge >= 0.3 is 0 Å². The highest BCUT2D eigenvalue weighted by Gasteiger charge is 2.09. The Morgan fingerprint density at radius 3 is 2.50 bits per heavy atom. The zero-order valence-corrected chi connectivity index (χ0v) is 13.8. The first-order valence-electron chi connectivity index (χ1n) is 7.40. The molecular weight excluding hydrogens is 338 g/mol. The van der Waals surface area contributed by atoms with Gasteiger partial charge in [-0.05, 0) is 41.5 Å². The smallest absolute Gasteiger partial charge is 0.269 e. The second kappa shape index (κ2) is 8.30. The first-order valence-corrected chi connectivity index (χ1v) is 7.40. The first kappa shape index (κ1) is 18.5. The Kier molecular flexibility index (Phi) is 5.90. The van der Waals surface area contributed by atoms with Crippen molar-refractivity contribution in [2.75, 3.05) is 7.11 Å². The van der Waals surface area contributed by atoms with Crippen LogP contribution in [0.4, 0.5) is 5.69 Å². The van der Waals surface area contributed by atoms with E-state index in [1.165, 1.54) is 25.3 Å². The van der Waals surface area contributed by atoms with Gasteiger partial charge in [0.05, 0.1) is 12.0 Å². The zero-order chi connectivity index (χ0) is 19.1. The van der Waals surface area contributed by atoms with E-state index in [-0.39, 0.29) is 17.9 Å². The van der Waals surface area contributed by atoms with Crippen molar-refractivity contribution in [1.29, 1.82) is 5.26 Å². The molecule has 26 heavy (non-hydrogen) atoms. The first-order chi connectivity index (χ1) is 12.4. The summed E-state index contributed by atoms with van der Waals surface area (Å²) in [5.41, 5.74) is 6.25. The van der Waals surface area contributed by atoms with E-state index < -0.39 is 10.8 Å². The molecule has 0 heterocycles. The lowest BCUT2D eigenvalue weighted by molar-refractivity contribution is -0.384. The lowest BCUT2D eigenvalue weighted by Gasteiger charge is -2.11. The summed E-state index contributed by atoms with van der Waals surface area (Å²) in [6.45, 7) is 0.189. The Labute approximate surface area is 149 Å². The number of carbonyl (C=O) groups is 1. The van der Waals surface area contributed by atoms with Crippen molar-refractivity contribution in [3.63, 3.8) is 0 Å². The van der Waals surface area contributed by atoms with Gasteiger partial charge in [0.15, 0.2) is 11.5 Å². The average Bonchev–Trinajstić information content (AvgIpc) is 2.64. The van der Waals surface area contributed by atoms with Crippen LogP contribution in [0.2, 0.25) is 0 Å². The highest BCUT2D eigenvalue weighted by molar-refractivity contribution is 6.00. The van der Waals surface area contributed by atoms with Crippen LogP contribution in [-0.4, -0.2) is 17.9 Å². The van der Waals surface area contributed by atoms with Crippen LogP contribution < -0.4 is 15.2 Å². The third-order valence-electron chi connectivity index (χ3n) is 3.43. The molecule has 2 N–H and O–H groups in total. The van der Waals surface area contributed by atoms with Gasteiger partial charge in [0.2, 0.25) is 0 Å². The standard InChI is InChI=1S/C18H15N3O5/c1-25-17-9-13(8-14(10-19)18(20)22)4-7-16(17)26-11-12-2-5-15(6-3-12)21(23)24/h2-9H,11H2,1H3,(H2,20,22)/b14-8-. The minimum absolute atomic E-state index is 0.00483. The Bertz CT molecular complexity index is 898. The van der Waals surface area contributed by atoms with E-state index in [0.717, 1.165) is 5.56 Å². The molecule has 2 aromatic carbocycles. The molecule has 1 amide bonds. The number of nitriles is 1. The lowest BCUT2D eigenvalue weighted by Crippen LogP contribution is -2.12. The molecule has 0 radical (unpaired) electrons. The Balaban J connectivity index is 2.16. The number of ether oxygens (including phenoxy) is 2. The van der Waals surface area contributed by atoms with Crippen molar-refractivity contribution in [3.8, 4) is 17.6 Å². The maximum Gasteiger partial charge on any atom is 0.269 e. The number of benzene rings is 2. The number of carbonyl (C=O) groups excluding carboxylic acids is 1. The zero-order valence-electron chi connectivity index (χ0n) is 13.8. The average molecular weight is 353 g/mol. The molecule has 0 atom stereocenters. The van der Waals surface area contributed by atoms with Gasteiger partial charge in [0.1, 0.15) is 18.2 Å². The van der Waals surface area contributed by atoms with Gasteiger partial charge in [0.25, 0.3) is 11.6 Å². The summed E-state index contributed by atoms with van der Waals surface area (Å²) in [4.78, 5) is 21.3. The van der Waals surface area contributed by atoms with Gasteiger partial charge in [-0.25, -0.2) is 0 Å². The van der Waals surface area contributed by atoms with Crippen molar-refractivity contribution >= 4 is 17.7 Å². The summed E-state index contributed by atoms with van der Waals surface area (Å²) in [7, 11) is 1.46. The van der Waals surface area contributed by atoms with Crippen molar-refractivity contribution in [1.82, 2.24) is 0 Å². The molecule has 0 unspecified atom stereocenters. The monoisotopic (exact) mass is 353 g/mol. The van der Waals surface area contributed by atoms with Gasteiger partial charge in [-0.15, -0.1) is 0 Å². The summed E-state index contributed by atoms with van der Waals surface area (Å²) in [5.74, 6) is 0.0352. The molecule has 0 bridgehead atoms. The number of non-ortho nitro benzene ring substituents is 1. The van der Waals surface area contributed by atoms with Gasteiger partial charge < -0.3 is 15.2 Å². The largest absolute Gasteiger partial charge is 0.493 e. The number of nitro groups is 1. The van der Waals surface area contributed by atoms with E-state index in [1.807, 2.05) is 0 Å². The fraction of sp³-hybridized carbons (Fsp3) is 0.111. The quantitative estimate of drug-likeness (QED) is 0.352. The third-order valence-corrected chi connectivity index (χ3v) is 3.43. The Morgan fingerprint density at radius 1 is 1.27 bits per heavy atom. The van der Waals surface area contributed by atoms with Gasteiger partial charge in [-0.2, -0.15) is 5.26 Å². The van der Waals surface area contributed by atoms with Crippen LogP contribution in [-0.2, 0) is 11.4 Å². The molecule has 0 aliphatic heterocycles. The second-order valence-corrected chi connectivity index (χ2v) is 5.16. The fourth-order valence-electron chi connectivity index (χ4n) is 2.09. The number of primary amides is 1. The highest BCUT2D eigenvalue weighted by atomic mass is 16.6. The van der Waals surface area contributed by atoms with Crippen LogP contribution in [0.25, 0.3) is 6.08 Å². The summed E-state index contributed by atoms with van der Waals surface area (Å²) in [6.07, 6.45) is 1.35. The van der Waals surface area contributed by atoms with Crippen molar-refractivity contribution < 1.29 is 19.2 Å². The fourth-order valence-corrected chi connectivity index (χ4v) is 2.09. The maximum atomic E-state index is 11.1. The SMILES string of the molecule is COc1cc(/C=C(/C#N)C(N)=O)ccc1OCc1ccc([N+](=O)[O-])cc1. The number of hydrogen-bond donors (Lipinski definition) is 1. The number of rotatable bonds is 7. The topological polar surface area (TPSA) is 128 Å². The minimum Gasteiger partial charge on any atom is -0.493 e. The molecule has 132 valence electrons. The maximum absolute atomic E-state index is 11.1. The number of nitro benzene ring substituents is 1. The van der Waals surface area contributed by atoms with Crippen molar-refractivity contribution in [3.05, 3.63) is 69.3 Å². The number of amides is 1. The molecule has 2 rings (SSSR count). The van der Waals surface area contributed by atoms with Crippen molar-refractivity contribution in [2.45, 2.75) is 6.61 Å².